The van der Waals surface area contributed by atoms with Gasteiger partial charge in [-0.05, 0) is 144 Å². The number of hydrogen-bond acceptors (Lipinski definition) is 2. The number of aliphatic hydroxyl groups is 1. The fraction of sp³-hybridized carbons (Fsp3) is 0.104. The standard InChI is InChI=1S/C19H17S.3C13H12S.C6H6.C2H6O.CH4.U.V/c1-16-12-14-19(15-13-16)20(17-8-4-2-5-9-17)18-10-6-3-7-11-18;3*1-11-7-9-13(10-8-11)14-12-5-3-2-4-6-12;1-2-4-6-5-3-1;1-2-3;;;/h2-15H,1H3;3*2-10H,1H3;1-6H;3H,2H2,1H3;1H4;;/q+1;;;;;;;;/p+3. The first-order valence-electron chi connectivity index (χ1n) is 23.8. The summed E-state index contributed by atoms with van der Waals surface area (Å²) in [4.78, 5) is 12.1. The van der Waals surface area contributed by atoms with E-state index >= 15 is 0 Å². The Hall–Kier alpha value is -4.80. The summed E-state index contributed by atoms with van der Waals surface area (Å²) >= 11 is 4.37. The maximum Gasteiger partial charge on any atom is 1.00 e. The number of thiol groups is 2. The van der Waals surface area contributed by atoms with E-state index in [1.165, 1.54) is 89.8 Å². The molecular weight excluding hydrogens is 1240 g/mol. The van der Waals surface area contributed by atoms with Crippen molar-refractivity contribution < 1.29 is 56.2 Å². The largest absolute Gasteiger partial charge is 1.00 e. The summed E-state index contributed by atoms with van der Waals surface area (Å²) in [6.45, 7) is 10.4. The third-order valence-corrected chi connectivity index (χ3v) is 15.4. The molecule has 1 nitrogen and oxygen atoms in total. The van der Waals surface area contributed by atoms with Gasteiger partial charge in [0.1, 0.15) is 0 Å². The van der Waals surface area contributed by atoms with Gasteiger partial charge >= 0.3 is 1.43 Å². The molecular formula is C67H72OS4UV+4. The Morgan fingerprint density at radius 2 is 0.554 bits per heavy atom. The van der Waals surface area contributed by atoms with Crippen LogP contribution in [0.4, 0.5) is 0 Å². The average molecular weight is 1310 g/mol. The molecule has 0 aliphatic heterocycles. The molecule has 74 heavy (non-hydrogen) atoms. The Kier molecular flexibility index (Phi) is 34.9. The van der Waals surface area contributed by atoms with Crippen LogP contribution in [-0.4, -0.2) is 11.7 Å². The minimum atomic E-state index is -0.0229. The molecule has 0 spiro atoms. The monoisotopic (exact) mass is 1310 g/mol. The average Bonchev–Trinajstić information content (AvgIpc) is 3.42. The van der Waals surface area contributed by atoms with E-state index in [9.17, 15) is 0 Å². The van der Waals surface area contributed by atoms with Crippen molar-refractivity contribution in [1.82, 2.24) is 0 Å². The molecule has 0 fully saturated rings. The zero-order chi connectivity index (χ0) is 50.1. The van der Waals surface area contributed by atoms with E-state index in [4.69, 9.17) is 5.11 Å². The van der Waals surface area contributed by atoms with Crippen molar-refractivity contribution in [3.8, 4) is 0 Å². The van der Waals surface area contributed by atoms with Gasteiger partial charge in [0.2, 0.25) is 0 Å². The summed E-state index contributed by atoms with van der Waals surface area (Å²) in [5, 5.41) is 7.57. The molecule has 10 aromatic carbocycles. The molecule has 0 aliphatic rings. The van der Waals surface area contributed by atoms with Crippen LogP contribution in [0.3, 0.4) is 0 Å². The van der Waals surface area contributed by atoms with Crippen molar-refractivity contribution in [2.24, 2.45) is 0 Å². The van der Waals surface area contributed by atoms with E-state index in [1.807, 2.05) is 54.6 Å². The molecule has 0 saturated heterocycles. The van der Waals surface area contributed by atoms with Crippen LogP contribution in [-0.2, 0) is 53.0 Å². The van der Waals surface area contributed by atoms with Crippen LogP contribution in [0.2, 0.25) is 0 Å². The van der Waals surface area contributed by atoms with Crippen molar-refractivity contribution in [3.05, 3.63) is 307 Å². The zero-order valence-corrected chi connectivity index (χ0v) is 51.4. The molecule has 1 radical (unpaired) electrons. The first kappa shape index (κ1) is 65.3. The van der Waals surface area contributed by atoms with Crippen LogP contribution in [0.25, 0.3) is 0 Å². The van der Waals surface area contributed by atoms with E-state index in [0.717, 1.165) is 0 Å². The molecule has 10 aromatic rings. The predicted molar refractivity (Wildman–Crippen MR) is 321 cm³/mol. The normalized spacial score (nSPS) is 9.50. The van der Waals surface area contributed by atoms with Gasteiger partial charge in [-0.15, -0.1) is 0 Å². The summed E-state index contributed by atoms with van der Waals surface area (Å²) in [5.74, 6) is 0. The van der Waals surface area contributed by atoms with E-state index in [1.54, 1.807) is 18.7 Å². The molecule has 0 unspecified atom stereocenters. The van der Waals surface area contributed by atoms with Gasteiger partial charge in [-0.2, -0.15) is 0 Å². The summed E-state index contributed by atoms with van der Waals surface area (Å²) in [6.07, 6.45) is 0. The minimum absolute atomic E-state index is 0. The Balaban J connectivity index is 0.000000470. The summed E-state index contributed by atoms with van der Waals surface area (Å²) < 4.78 is 0. The fourth-order valence-corrected chi connectivity index (χ4v) is 11.1. The number of rotatable bonds is 9. The van der Waals surface area contributed by atoms with Crippen LogP contribution >= 0.6 is 11.8 Å². The third-order valence-electron chi connectivity index (χ3n) is 9.98. The second-order valence-electron chi connectivity index (χ2n) is 16.0. The second-order valence-corrected chi connectivity index (χ2v) is 21.7. The number of benzene rings is 10. The van der Waals surface area contributed by atoms with Crippen molar-refractivity contribution in [2.45, 2.75) is 86.1 Å². The minimum Gasteiger partial charge on any atom is -0.397 e. The van der Waals surface area contributed by atoms with Crippen molar-refractivity contribution in [1.29, 1.82) is 0 Å². The second kappa shape index (κ2) is 39.6. The molecule has 0 heterocycles. The quantitative estimate of drug-likeness (QED) is 0.115. The van der Waals surface area contributed by atoms with E-state index < -0.39 is 0 Å². The number of hydrogen-bond donors (Lipinski definition) is 1. The van der Waals surface area contributed by atoms with Crippen LogP contribution in [0.1, 0.15) is 38.0 Å². The van der Waals surface area contributed by atoms with Crippen molar-refractivity contribution in [2.75, 3.05) is 6.61 Å². The molecule has 7 heteroatoms. The summed E-state index contributed by atoms with van der Waals surface area (Å²) in [5.41, 5.74) is 5.25. The van der Waals surface area contributed by atoms with E-state index in [2.05, 4.69) is 258 Å². The summed E-state index contributed by atoms with van der Waals surface area (Å²) in [6, 6.07) is 99.8. The van der Waals surface area contributed by atoms with Gasteiger partial charge < -0.3 is 5.11 Å². The SMILES string of the molecule is C.CCO.Cc1ccc(Sc2ccccc2)cc1.Cc1ccc([S+](c2ccccc2)c2ccccc2)cc1.Cc1ccc([SH+]c2ccccc2)cc1.Cc1ccc([SH+]c2ccccc2)cc1.[H+].[U].[V].c1ccccc1. The van der Waals surface area contributed by atoms with Gasteiger partial charge in [0.05, 0.1) is 10.9 Å². The Morgan fingerprint density at radius 1 is 0.338 bits per heavy atom. The van der Waals surface area contributed by atoms with Gasteiger partial charge in [0.15, 0.2) is 34.3 Å². The molecule has 0 atom stereocenters. The van der Waals surface area contributed by atoms with Gasteiger partial charge in [-0.1, -0.05) is 217 Å². The molecule has 0 saturated carbocycles. The number of aryl methyl sites for hydroxylation is 4. The van der Waals surface area contributed by atoms with Crippen LogP contribution in [0.5, 0.6) is 0 Å². The zero-order valence-electron chi connectivity index (χ0n) is 43.4. The van der Waals surface area contributed by atoms with Gasteiger partial charge in [0.25, 0.3) is 0 Å². The third kappa shape index (κ3) is 26.6. The molecule has 0 aliphatic carbocycles. The van der Waals surface area contributed by atoms with Crippen molar-refractivity contribution >= 4 is 46.2 Å². The van der Waals surface area contributed by atoms with Crippen LogP contribution in [0.15, 0.2) is 329 Å². The van der Waals surface area contributed by atoms with E-state index in [0.29, 0.717) is 0 Å². The fourth-order valence-electron chi connectivity index (χ4n) is 6.35. The topological polar surface area (TPSA) is 20.2 Å². The van der Waals surface area contributed by atoms with E-state index in [-0.39, 0.29) is 76.0 Å². The predicted octanol–water partition coefficient (Wildman–Crippen LogP) is 18.1. The Labute approximate surface area is 497 Å². The summed E-state index contributed by atoms with van der Waals surface area (Å²) in [7, 11) is -0.0229. The number of aliphatic hydroxyl groups excluding tert-OH is 1. The molecule has 375 valence electrons. The smallest absolute Gasteiger partial charge is 0.397 e. The maximum atomic E-state index is 7.57. The van der Waals surface area contributed by atoms with Crippen LogP contribution in [0, 0.1) is 58.8 Å². The maximum absolute atomic E-state index is 7.57. The first-order chi connectivity index (χ1) is 34.8. The van der Waals surface area contributed by atoms with Gasteiger partial charge in [-0.3, -0.25) is 0 Å². The Bertz CT molecular complexity index is 2610. The molecule has 0 aromatic heterocycles. The molecule has 10 rings (SSSR count). The van der Waals surface area contributed by atoms with Gasteiger partial charge in [0, 0.05) is 89.6 Å². The first-order valence-corrected chi connectivity index (χ1v) is 27.6. The van der Waals surface area contributed by atoms with Crippen molar-refractivity contribution in [3.63, 3.8) is 0 Å². The Morgan fingerprint density at radius 3 is 0.878 bits per heavy atom. The molecule has 0 bridgehead atoms. The van der Waals surface area contributed by atoms with Gasteiger partial charge in [-0.25, -0.2) is 0 Å². The molecule has 0 amide bonds. The van der Waals surface area contributed by atoms with Crippen LogP contribution < -0.4 is 0 Å². The molecule has 1 N–H and O–H groups in total.